The summed E-state index contributed by atoms with van der Waals surface area (Å²) in [5.41, 5.74) is 8.60. The molecule has 0 bridgehead atoms. The molecule has 0 aliphatic heterocycles. The second-order valence-electron chi connectivity index (χ2n) is 4.42. The highest BCUT2D eigenvalue weighted by atomic mass is 16.1. The number of aromatic amines is 1. The third-order valence-electron chi connectivity index (χ3n) is 2.71. The van der Waals surface area contributed by atoms with Gasteiger partial charge in [-0.3, -0.25) is 4.57 Å². The normalized spacial score (nSPS) is 12.6. The Morgan fingerprint density at radius 3 is 2.47 bits per heavy atom. The van der Waals surface area contributed by atoms with Crippen molar-refractivity contribution in [1.82, 2.24) is 9.55 Å². The fraction of sp³-hybridized carbons (Fsp3) is 0.308. The molecule has 1 unspecified atom stereocenters. The fourth-order valence-corrected chi connectivity index (χ4v) is 1.93. The first kappa shape index (κ1) is 11.7. The summed E-state index contributed by atoms with van der Waals surface area (Å²) in [5, 5.41) is 0. The molecule has 1 aromatic carbocycles. The Labute approximate surface area is 100 Å². The van der Waals surface area contributed by atoms with E-state index in [-0.39, 0.29) is 11.7 Å². The van der Waals surface area contributed by atoms with E-state index < -0.39 is 0 Å². The topological polar surface area (TPSA) is 63.8 Å². The molecule has 0 saturated heterocycles. The Morgan fingerprint density at radius 1 is 1.35 bits per heavy atom. The zero-order chi connectivity index (χ0) is 12.4. The number of rotatable bonds is 3. The lowest BCUT2D eigenvalue weighted by Gasteiger charge is -2.07. The average molecular weight is 231 g/mol. The van der Waals surface area contributed by atoms with Gasteiger partial charge in [0.1, 0.15) is 0 Å². The van der Waals surface area contributed by atoms with Crippen LogP contribution in [0.5, 0.6) is 0 Å². The minimum absolute atomic E-state index is 0.109. The summed E-state index contributed by atoms with van der Waals surface area (Å²) < 4.78 is 1.65. The minimum atomic E-state index is -0.109. The van der Waals surface area contributed by atoms with Crippen molar-refractivity contribution in [3.8, 4) is 5.69 Å². The Kier molecular flexibility index (Phi) is 3.15. The van der Waals surface area contributed by atoms with E-state index in [1.807, 2.05) is 38.1 Å². The van der Waals surface area contributed by atoms with Crippen LogP contribution in [0.2, 0.25) is 0 Å². The molecule has 0 spiro atoms. The fourth-order valence-electron chi connectivity index (χ4n) is 1.93. The molecule has 1 atom stereocenters. The van der Waals surface area contributed by atoms with E-state index in [9.17, 15) is 4.79 Å². The largest absolute Gasteiger partial charge is 0.330 e. The Hall–Kier alpha value is -1.81. The van der Waals surface area contributed by atoms with Gasteiger partial charge in [0.2, 0.25) is 0 Å². The van der Waals surface area contributed by atoms with Gasteiger partial charge in [-0.05, 0) is 38.0 Å². The average Bonchev–Trinajstić information content (AvgIpc) is 2.59. The molecule has 90 valence electrons. The zero-order valence-electron chi connectivity index (χ0n) is 10.1. The van der Waals surface area contributed by atoms with Crippen molar-refractivity contribution in [2.24, 2.45) is 5.73 Å². The predicted molar refractivity (Wildman–Crippen MR) is 68.5 cm³/mol. The van der Waals surface area contributed by atoms with Gasteiger partial charge in [-0.2, -0.15) is 0 Å². The molecule has 4 nitrogen and oxygen atoms in total. The van der Waals surface area contributed by atoms with E-state index in [4.69, 9.17) is 5.73 Å². The van der Waals surface area contributed by atoms with Crippen molar-refractivity contribution in [3.05, 3.63) is 52.2 Å². The van der Waals surface area contributed by atoms with Crippen LogP contribution in [0, 0.1) is 6.92 Å². The highest BCUT2D eigenvalue weighted by Crippen LogP contribution is 2.10. The molecule has 0 aliphatic rings. The molecule has 0 amide bonds. The molecule has 1 heterocycles. The molecule has 1 aromatic heterocycles. The smallest absolute Gasteiger partial charge is 0.328 e. The van der Waals surface area contributed by atoms with Crippen molar-refractivity contribution in [2.75, 3.05) is 0 Å². The van der Waals surface area contributed by atoms with Gasteiger partial charge in [0.15, 0.2) is 0 Å². The van der Waals surface area contributed by atoms with Gasteiger partial charge in [0.25, 0.3) is 0 Å². The van der Waals surface area contributed by atoms with E-state index >= 15 is 0 Å². The third-order valence-corrected chi connectivity index (χ3v) is 2.71. The summed E-state index contributed by atoms with van der Waals surface area (Å²) in [7, 11) is 0. The first-order valence-corrected chi connectivity index (χ1v) is 5.70. The van der Waals surface area contributed by atoms with Gasteiger partial charge in [0, 0.05) is 17.9 Å². The summed E-state index contributed by atoms with van der Waals surface area (Å²) in [6.07, 6.45) is 2.56. The number of nitrogens with two attached hydrogens (primary N) is 1. The minimum Gasteiger partial charge on any atom is -0.328 e. The van der Waals surface area contributed by atoms with Gasteiger partial charge < -0.3 is 10.7 Å². The molecule has 4 heteroatoms. The maximum atomic E-state index is 11.6. The Morgan fingerprint density at radius 2 is 2.00 bits per heavy atom. The van der Waals surface area contributed by atoms with Crippen molar-refractivity contribution in [1.29, 1.82) is 0 Å². The van der Waals surface area contributed by atoms with Crippen LogP contribution in [-0.4, -0.2) is 15.6 Å². The van der Waals surface area contributed by atoms with Crippen molar-refractivity contribution in [2.45, 2.75) is 26.3 Å². The van der Waals surface area contributed by atoms with Crippen LogP contribution in [0.25, 0.3) is 5.69 Å². The predicted octanol–water partition coefficient (Wildman–Crippen LogP) is 1.36. The molecule has 3 N–H and O–H groups in total. The van der Waals surface area contributed by atoms with E-state index in [0.29, 0.717) is 0 Å². The molecule has 0 fully saturated rings. The number of nitrogens with zero attached hydrogens (tertiary/aromatic N) is 1. The van der Waals surface area contributed by atoms with Gasteiger partial charge in [-0.1, -0.05) is 12.1 Å². The van der Waals surface area contributed by atoms with E-state index in [0.717, 1.165) is 17.8 Å². The number of hydrogen-bond acceptors (Lipinski definition) is 2. The second-order valence-corrected chi connectivity index (χ2v) is 4.42. The molecule has 17 heavy (non-hydrogen) atoms. The molecule has 0 saturated carbocycles. The number of aryl methyl sites for hydroxylation is 1. The van der Waals surface area contributed by atoms with Gasteiger partial charge >= 0.3 is 5.69 Å². The number of H-pyrrole nitrogens is 1. The summed E-state index contributed by atoms with van der Waals surface area (Å²) >= 11 is 0. The molecule has 0 radical (unpaired) electrons. The quantitative estimate of drug-likeness (QED) is 0.837. The first-order chi connectivity index (χ1) is 8.08. The SMILES string of the molecule is Cc1c[nH]c(=O)n1-c1ccc(CC(C)N)cc1. The lowest BCUT2D eigenvalue weighted by Crippen LogP contribution is -2.18. The van der Waals surface area contributed by atoms with Crippen molar-refractivity contribution < 1.29 is 0 Å². The summed E-state index contributed by atoms with van der Waals surface area (Å²) in [4.78, 5) is 14.3. The molecule has 2 aromatic rings. The Bertz CT molecular complexity index is 549. The standard InChI is InChI=1S/C13H17N3O/c1-9(14)7-11-3-5-12(6-4-11)16-10(2)8-15-13(16)17/h3-6,8-9H,7,14H2,1-2H3,(H,15,17). The second kappa shape index (κ2) is 4.59. The van der Waals surface area contributed by atoms with Crippen LogP contribution >= 0.6 is 0 Å². The van der Waals surface area contributed by atoms with Crippen molar-refractivity contribution in [3.63, 3.8) is 0 Å². The highest BCUT2D eigenvalue weighted by molar-refractivity contribution is 5.36. The van der Waals surface area contributed by atoms with E-state index in [1.54, 1.807) is 10.8 Å². The number of imidazole rings is 1. The van der Waals surface area contributed by atoms with Crippen LogP contribution < -0.4 is 11.4 Å². The highest BCUT2D eigenvalue weighted by Gasteiger charge is 2.05. The lowest BCUT2D eigenvalue weighted by atomic mass is 10.1. The van der Waals surface area contributed by atoms with Crippen molar-refractivity contribution >= 4 is 0 Å². The molecule has 2 rings (SSSR count). The molecular formula is C13H17N3O. The van der Waals surface area contributed by atoms with Crippen LogP contribution in [-0.2, 0) is 6.42 Å². The molecule has 0 aliphatic carbocycles. The maximum absolute atomic E-state index is 11.6. The lowest BCUT2D eigenvalue weighted by molar-refractivity contribution is 0.738. The zero-order valence-corrected chi connectivity index (χ0v) is 10.1. The van der Waals surface area contributed by atoms with Gasteiger partial charge in [-0.15, -0.1) is 0 Å². The van der Waals surface area contributed by atoms with Crippen LogP contribution in [0.1, 0.15) is 18.2 Å². The van der Waals surface area contributed by atoms with Gasteiger partial charge in [0.05, 0.1) is 5.69 Å². The van der Waals surface area contributed by atoms with Gasteiger partial charge in [-0.25, -0.2) is 4.79 Å². The summed E-state index contributed by atoms with van der Waals surface area (Å²) in [6, 6.07) is 8.06. The monoisotopic (exact) mass is 231 g/mol. The van der Waals surface area contributed by atoms with E-state index in [2.05, 4.69) is 4.98 Å². The Balaban J connectivity index is 2.33. The number of hydrogen-bond donors (Lipinski definition) is 2. The van der Waals surface area contributed by atoms with Crippen LogP contribution in [0.3, 0.4) is 0 Å². The number of aromatic nitrogens is 2. The van der Waals surface area contributed by atoms with E-state index in [1.165, 1.54) is 5.56 Å². The van der Waals surface area contributed by atoms with Crippen LogP contribution in [0.15, 0.2) is 35.3 Å². The number of nitrogens with one attached hydrogen (secondary N) is 1. The summed E-state index contributed by atoms with van der Waals surface area (Å²) in [6.45, 7) is 3.88. The third kappa shape index (κ3) is 2.47. The number of benzene rings is 1. The maximum Gasteiger partial charge on any atom is 0.330 e. The van der Waals surface area contributed by atoms with Crippen LogP contribution in [0.4, 0.5) is 0 Å². The molecular weight excluding hydrogens is 214 g/mol. The summed E-state index contributed by atoms with van der Waals surface area (Å²) in [5.74, 6) is 0. The first-order valence-electron chi connectivity index (χ1n) is 5.70.